The quantitative estimate of drug-likeness (QED) is 0.461. The molecule has 10 heavy (non-hydrogen) atoms. The molecule has 1 rings (SSSR count). The number of nitrogens with zero attached hydrogens (tertiary/aromatic N) is 2. The van der Waals surface area contributed by atoms with Gasteiger partial charge in [-0.1, -0.05) is 6.07 Å². The maximum absolute atomic E-state index is 5.07. The Bertz CT molecular complexity index is 225. The Labute approximate surface area is 59.6 Å². The van der Waals surface area contributed by atoms with Crippen molar-refractivity contribution in [1.82, 2.24) is 4.98 Å². The summed E-state index contributed by atoms with van der Waals surface area (Å²) in [6, 6.07) is 3.76. The van der Waals surface area contributed by atoms with Gasteiger partial charge in [0.05, 0.1) is 6.34 Å². The van der Waals surface area contributed by atoms with Crippen molar-refractivity contribution < 1.29 is 0 Å². The summed E-state index contributed by atoms with van der Waals surface area (Å²) in [6.45, 7) is 1.98. The van der Waals surface area contributed by atoms with E-state index in [0.29, 0.717) is 5.82 Å². The molecule has 0 aliphatic carbocycles. The third-order valence-electron chi connectivity index (χ3n) is 1.10. The Morgan fingerprint density at radius 2 is 2.40 bits per heavy atom. The predicted octanol–water partition coefficient (Wildman–Crippen LogP) is 1.01. The van der Waals surface area contributed by atoms with Crippen molar-refractivity contribution in [3.8, 4) is 0 Å². The van der Waals surface area contributed by atoms with Crippen molar-refractivity contribution in [2.45, 2.75) is 6.92 Å². The van der Waals surface area contributed by atoms with Crippen LogP contribution in [-0.2, 0) is 0 Å². The molecule has 0 bridgehead atoms. The van der Waals surface area contributed by atoms with Crippen molar-refractivity contribution in [3.63, 3.8) is 0 Å². The van der Waals surface area contributed by atoms with Gasteiger partial charge in [0, 0.05) is 6.20 Å². The Kier molecular flexibility index (Phi) is 1.99. The van der Waals surface area contributed by atoms with Gasteiger partial charge in [0.15, 0.2) is 5.82 Å². The first-order valence-corrected chi connectivity index (χ1v) is 3.00. The minimum Gasteiger partial charge on any atom is -0.390 e. The minimum atomic E-state index is 0.646. The van der Waals surface area contributed by atoms with Gasteiger partial charge in [-0.2, -0.15) is 0 Å². The van der Waals surface area contributed by atoms with E-state index in [1.165, 1.54) is 6.34 Å². The first kappa shape index (κ1) is 6.74. The third kappa shape index (κ3) is 1.55. The van der Waals surface area contributed by atoms with Crippen LogP contribution < -0.4 is 5.73 Å². The van der Waals surface area contributed by atoms with Gasteiger partial charge >= 0.3 is 0 Å². The molecule has 0 amide bonds. The molecule has 0 radical (unpaired) electrons. The molecule has 3 heteroatoms. The van der Waals surface area contributed by atoms with Gasteiger partial charge in [0.1, 0.15) is 0 Å². The van der Waals surface area contributed by atoms with Gasteiger partial charge in [-0.25, -0.2) is 9.98 Å². The SMILES string of the molecule is Cc1ccc(N=CN)nc1. The summed E-state index contributed by atoms with van der Waals surface area (Å²) in [4.78, 5) is 7.78. The Morgan fingerprint density at radius 3 is 2.90 bits per heavy atom. The highest BCUT2D eigenvalue weighted by atomic mass is 14.9. The smallest absolute Gasteiger partial charge is 0.153 e. The molecule has 0 fully saturated rings. The van der Waals surface area contributed by atoms with Gasteiger partial charge in [0.2, 0.25) is 0 Å². The standard InChI is InChI=1S/C7H9N3/c1-6-2-3-7(9-4-6)10-5-8/h2-5H,1H3,(H2,8,9,10). The van der Waals surface area contributed by atoms with Gasteiger partial charge < -0.3 is 5.73 Å². The van der Waals surface area contributed by atoms with Crippen molar-refractivity contribution in [2.24, 2.45) is 10.7 Å². The summed E-state index contributed by atoms with van der Waals surface area (Å²) in [6.07, 6.45) is 2.99. The molecule has 52 valence electrons. The molecule has 0 saturated carbocycles. The van der Waals surface area contributed by atoms with Crippen LogP contribution >= 0.6 is 0 Å². The van der Waals surface area contributed by atoms with Crippen molar-refractivity contribution in [2.75, 3.05) is 0 Å². The maximum Gasteiger partial charge on any atom is 0.153 e. The highest BCUT2D eigenvalue weighted by Gasteiger charge is 1.85. The average Bonchev–Trinajstić information content (AvgIpc) is 1.95. The summed E-state index contributed by atoms with van der Waals surface area (Å²) >= 11 is 0. The molecule has 3 nitrogen and oxygen atoms in total. The van der Waals surface area contributed by atoms with Crippen LogP contribution in [0.1, 0.15) is 5.56 Å². The number of hydrogen-bond acceptors (Lipinski definition) is 2. The second kappa shape index (κ2) is 2.96. The van der Waals surface area contributed by atoms with Crippen molar-refractivity contribution in [1.29, 1.82) is 0 Å². The number of aryl methyl sites for hydroxylation is 1. The van der Waals surface area contributed by atoms with E-state index in [1.54, 1.807) is 6.20 Å². The van der Waals surface area contributed by atoms with Crippen LogP contribution in [0.3, 0.4) is 0 Å². The van der Waals surface area contributed by atoms with Crippen molar-refractivity contribution in [3.05, 3.63) is 23.9 Å². The lowest BCUT2D eigenvalue weighted by Gasteiger charge is -1.90. The molecule has 1 aromatic rings. The molecule has 0 unspecified atom stereocenters. The zero-order valence-electron chi connectivity index (χ0n) is 5.78. The van der Waals surface area contributed by atoms with E-state index < -0.39 is 0 Å². The van der Waals surface area contributed by atoms with Crippen LogP contribution in [0.15, 0.2) is 23.3 Å². The van der Waals surface area contributed by atoms with E-state index in [2.05, 4.69) is 9.98 Å². The number of hydrogen-bond donors (Lipinski definition) is 1. The van der Waals surface area contributed by atoms with Gasteiger partial charge in [-0.15, -0.1) is 0 Å². The number of rotatable bonds is 1. The first-order chi connectivity index (χ1) is 4.83. The molecule has 0 aromatic carbocycles. The minimum absolute atomic E-state index is 0.646. The Hall–Kier alpha value is -1.38. The molecule has 0 spiro atoms. The Morgan fingerprint density at radius 1 is 1.60 bits per heavy atom. The highest BCUT2D eigenvalue weighted by molar-refractivity contribution is 5.56. The molecule has 0 saturated heterocycles. The van der Waals surface area contributed by atoms with E-state index in [4.69, 9.17) is 5.73 Å². The van der Waals surface area contributed by atoms with E-state index in [-0.39, 0.29) is 0 Å². The van der Waals surface area contributed by atoms with Gasteiger partial charge in [-0.05, 0) is 18.6 Å². The molecule has 1 heterocycles. The summed E-state index contributed by atoms with van der Waals surface area (Å²) < 4.78 is 0. The average molecular weight is 135 g/mol. The van der Waals surface area contributed by atoms with E-state index in [9.17, 15) is 0 Å². The number of nitrogens with two attached hydrogens (primary N) is 1. The fourth-order valence-corrected chi connectivity index (χ4v) is 0.613. The number of aromatic nitrogens is 1. The maximum atomic E-state index is 5.07. The lowest BCUT2D eigenvalue weighted by molar-refractivity contribution is 1.23. The van der Waals surface area contributed by atoms with Crippen LogP contribution in [0.5, 0.6) is 0 Å². The zero-order valence-corrected chi connectivity index (χ0v) is 5.78. The van der Waals surface area contributed by atoms with E-state index in [1.807, 2.05) is 19.1 Å². The van der Waals surface area contributed by atoms with Crippen LogP contribution in [0, 0.1) is 6.92 Å². The monoisotopic (exact) mass is 135 g/mol. The first-order valence-electron chi connectivity index (χ1n) is 3.00. The Balaban J connectivity index is 2.89. The fourth-order valence-electron chi connectivity index (χ4n) is 0.613. The summed E-state index contributed by atoms with van der Waals surface area (Å²) in [5.74, 6) is 0.646. The summed E-state index contributed by atoms with van der Waals surface area (Å²) in [5, 5.41) is 0. The van der Waals surface area contributed by atoms with Crippen LogP contribution in [0.25, 0.3) is 0 Å². The topological polar surface area (TPSA) is 51.3 Å². The second-order valence-electron chi connectivity index (χ2n) is 1.97. The van der Waals surface area contributed by atoms with E-state index in [0.717, 1.165) is 5.56 Å². The third-order valence-corrected chi connectivity index (χ3v) is 1.10. The molecule has 0 atom stereocenters. The second-order valence-corrected chi connectivity index (χ2v) is 1.97. The zero-order chi connectivity index (χ0) is 7.40. The lowest BCUT2D eigenvalue weighted by atomic mass is 10.3. The summed E-state index contributed by atoms with van der Waals surface area (Å²) in [7, 11) is 0. The highest BCUT2D eigenvalue weighted by Crippen LogP contribution is 2.05. The molecular formula is C7H9N3. The van der Waals surface area contributed by atoms with Crippen LogP contribution in [0.2, 0.25) is 0 Å². The molecule has 1 aromatic heterocycles. The van der Waals surface area contributed by atoms with Crippen LogP contribution in [0.4, 0.5) is 5.82 Å². The molecule has 0 aliphatic rings. The summed E-state index contributed by atoms with van der Waals surface area (Å²) in [5.41, 5.74) is 6.19. The fraction of sp³-hybridized carbons (Fsp3) is 0.143. The predicted molar refractivity (Wildman–Crippen MR) is 41.3 cm³/mol. The molecular weight excluding hydrogens is 126 g/mol. The van der Waals surface area contributed by atoms with Gasteiger partial charge in [-0.3, -0.25) is 0 Å². The van der Waals surface area contributed by atoms with E-state index >= 15 is 0 Å². The number of aliphatic imine (C=N–C) groups is 1. The van der Waals surface area contributed by atoms with Crippen molar-refractivity contribution >= 4 is 12.2 Å². The lowest BCUT2D eigenvalue weighted by Crippen LogP contribution is -1.87. The largest absolute Gasteiger partial charge is 0.390 e. The van der Waals surface area contributed by atoms with Crippen LogP contribution in [-0.4, -0.2) is 11.3 Å². The molecule has 0 aliphatic heterocycles. The normalized spacial score (nSPS) is 10.5. The van der Waals surface area contributed by atoms with Gasteiger partial charge in [0.25, 0.3) is 0 Å². The number of pyridine rings is 1. The molecule has 2 N–H and O–H groups in total.